The Hall–Kier alpha value is -4.13. The van der Waals surface area contributed by atoms with Crippen LogP contribution in [0.5, 0.6) is 5.75 Å². The topological polar surface area (TPSA) is 103 Å². The molecular formula is C19H12F3N5O2. The number of halogens is 3. The van der Waals surface area contributed by atoms with Crippen molar-refractivity contribution in [1.29, 1.82) is 5.26 Å². The highest BCUT2D eigenvalue weighted by Gasteiger charge is 2.14. The minimum Gasteiger partial charge on any atom is -0.432 e. The summed E-state index contributed by atoms with van der Waals surface area (Å²) in [6, 6.07) is 14.0. The quantitative estimate of drug-likeness (QED) is 0.488. The van der Waals surface area contributed by atoms with Crippen LogP contribution in [0.3, 0.4) is 0 Å². The predicted molar refractivity (Wildman–Crippen MR) is 99.3 cm³/mol. The van der Waals surface area contributed by atoms with Gasteiger partial charge in [0, 0.05) is 11.1 Å². The Morgan fingerprint density at radius 2 is 1.97 bits per heavy atom. The summed E-state index contributed by atoms with van der Waals surface area (Å²) < 4.78 is 42.8. The van der Waals surface area contributed by atoms with E-state index < -0.39 is 23.7 Å². The highest BCUT2D eigenvalue weighted by molar-refractivity contribution is 5.81. The predicted octanol–water partition coefficient (Wildman–Crippen LogP) is 3.50. The Balaban J connectivity index is 1.88. The van der Waals surface area contributed by atoms with Gasteiger partial charge in [0.15, 0.2) is 11.6 Å². The Morgan fingerprint density at radius 3 is 2.66 bits per heavy atom. The lowest BCUT2D eigenvalue weighted by atomic mass is 10.1. The van der Waals surface area contributed by atoms with Crippen LogP contribution in [-0.2, 0) is 0 Å². The number of nitriles is 1. The molecule has 0 saturated carbocycles. The molecule has 7 nitrogen and oxygen atoms in total. The highest BCUT2D eigenvalue weighted by atomic mass is 19.3. The summed E-state index contributed by atoms with van der Waals surface area (Å²) in [6.45, 7) is -3.17. The minimum absolute atomic E-state index is 0.0931. The molecule has 29 heavy (non-hydrogen) atoms. The molecule has 0 amide bonds. The summed E-state index contributed by atoms with van der Waals surface area (Å²) in [5.74, 6) is -1.74. The van der Waals surface area contributed by atoms with Gasteiger partial charge in [0.1, 0.15) is 11.6 Å². The van der Waals surface area contributed by atoms with Crippen LogP contribution in [0, 0.1) is 17.1 Å². The second-order valence-corrected chi connectivity index (χ2v) is 5.52. The molecular weight excluding hydrogens is 387 g/mol. The van der Waals surface area contributed by atoms with E-state index in [9.17, 15) is 23.2 Å². The fourth-order valence-electron chi connectivity index (χ4n) is 2.41. The van der Waals surface area contributed by atoms with Crippen molar-refractivity contribution >= 4 is 12.2 Å². The fraction of sp³-hybridized carbons (Fsp3) is 0.0526. The molecule has 146 valence electrons. The number of hydrogen-bond acceptors (Lipinski definition) is 6. The average Bonchev–Trinajstić information content (AvgIpc) is 2.70. The molecule has 0 unspecified atom stereocenters. The fourth-order valence-corrected chi connectivity index (χ4v) is 2.41. The molecule has 0 aliphatic carbocycles. The van der Waals surface area contributed by atoms with E-state index in [0.29, 0.717) is 5.56 Å². The number of nitrogens with one attached hydrogen (secondary N) is 2. The van der Waals surface area contributed by atoms with Crippen molar-refractivity contribution < 1.29 is 17.9 Å². The maximum absolute atomic E-state index is 14.1. The van der Waals surface area contributed by atoms with E-state index in [1.54, 1.807) is 36.4 Å². The van der Waals surface area contributed by atoms with Crippen molar-refractivity contribution in [3.05, 3.63) is 75.8 Å². The zero-order chi connectivity index (χ0) is 20.8. The van der Waals surface area contributed by atoms with Crippen molar-refractivity contribution in [3.8, 4) is 23.1 Å². The number of aromatic amines is 1. The molecule has 1 heterocycles. The van der Waals surface area contributed by atoms with E-state index >= 15 is 0 Å². The number of rotatable bonds is 6. The highest BCUT2D eigenvalue weighted by Crippen LogP contribution is 2.22. The first-order valence-corrected chi connectivity index (χ1v) is 8.12. The van der Waals surface area contributed by atoms with Gasteiger partial charge in [0.2, 0.25) is 5.95 Å². The molecule has 0 aliphatic heterocycles. The Morgan fingerprint density at radius 1 is 1.21 bits per heavy atom. The van der Waals surface area contributed by atoms with Crippen LogP contribution < -0.4 is 15.7 Å². The van der Waals surface area contributed by atoms with Gasteiger partial charge in [0.25, 0.3) is 5.56 Å². The molecule has 10 heteroatoms. The zero-order valence-electron chi connectivity index (χ0n) is 14.6. The second-order valence-electron chi connectivity index (χ2n) is 5.52. The number of nitrogens with zero attached hydrogens (tertiary/aromatic N) is 3. The average molecular weight is 399 g/mol. The van der Waals surface area contributed by atoms with E-state index in [1.807, 2.05) is 0 Å². The maximum atomic E-state index is 14.1. The Labute approximate surface area is 162 Å². The smallest absolute Gasteiger partial charge is 0.387 e. The molecule has 2 N–H and O–H groups in total. The number of hydrogen-bond donors (Lipinski definition) is 2. The monoisotopic (exact) mass is 399 g/mol. The van der Waals surface area contributed by atoms with E-state index in [0.717, 1.165) is 12.3 Å². The maximum Gasteiger partial charge on any atom is 0.387 e. The molecule has 0 saturated heterocycles. The molecule has 1 aromatic heterocycles. The number of anilines is 1. The van der Waals surface area contributed by atoms with Gasteiger partial charge in [-0.15, -0.1) is 0 Å². The third kappa shape index (κ3) is 4.59. The van der Waals surface area contributed by atoms with Crippen LogP contribution in [0.15, 0.2) is 58.4 Å². The van der Waals surface area contributed by atoms with Gasteiger partial charge in [-0.3, -0.25) is 9.78 Å². The lowest BCUT2D eigenvalue weighted by molar-refractivity contribution is -0.0521. The van der Waals surface area contributed by atoms with Crippen LogP contribution in [0.2, 0.25) is 0 Å². The molecule has 0 radical (unpaired) electrons. The van der Waals surface area contributed by atoms with Crippen molar-refractivity contribution in [2.75, 3.05) is 5.43 Å². The van der Waals surface area contributed by atoms with Gasteiger partial charge < -0.3 is 4.74 Å². The molecule has 3 rings (SSSR count). The summed E-state index contributed by atoms with van der Waals surface area (Å²) in [5, 5.41) is 13.0. The lowest BCUT2D eigenvalue weighted by Crippen LogP contribution is -2.16. The minimum atomic E-state index is -3.17. The number of aromatic nitrogens is 2. The summed E-state index contributed by atoms with van der Waals surface area (Å²) in [7, 11) is 0. The lowest BCUT2D eigenvalue weighted by Gasteiger charge is -2.07. The van der Waals surface area contributed by atoms with Gasteiger partial charge >= 0.3 is 6.61 Å². The van der Waals surface area contributed by atoms with Gasteiger partial charge in [-0.25, -0.2) is 14.8 Å². The van der Waals surface area contributed by atoms with Crippen LogP contribution in [0.1, 0.15) is 11.1 Å². The van der Waals surface area contributed by atoms with Crippen molar-refractivity contribution in [3.63, 3.8) is 0 Å². The molecule has 0 atom stereocenters. The number of ether oxygens (including phenoxy) is 1. The first-order valence-electron chi connectivity index (χ1n) is 8.12. The standard InChI is InChI=1S/C19H12F3N5O2/c20-15-12(7-4-8-14(15)29-18(21)22)10-24-27-19-25-16(11-5-2-1-3-6-11)13(9-23)17(28)26-19/h1-8,10,18H,(H2,25,26,27,28). The first-order chi connectivity index (χ1) is 14.0. The number of alkyl halides is 2. The molecule has 0 bridgehead atoms. The molecule has 2 aromatic carbocycles. The molecule has 0 fully saturated rings. The van der Waals surface area contributed by atoms with Crippen LogP contribution in [-0.4, -0.2) is 22.8 Å². The van der Waals surface area contributed by atoms with Crippen molar-refractivity contribution in [2.45, 2.75) is 6.61 Å². The third-order valence-corrected chi connectivity index (χ3v) is 3.66. The SMILES string of the molecule is N#Cc1c(-c2ccccc2)nc(NN=Cc2cccc(OC(F)F)c2F)[nH]c1=O. The Bertz CT molecular complexity index is 1140. The van der Waals surface area contributed by atoms with Crippen LogP contribution in [0.25, 0.3) is 11.3 Å². The second kappa shape index (κ2) is 8.71. The van der Waals surface area contributed by atoms with Gasteiger partial charge in [-0.05, 0) is 6.07 Å². The van der Waals surface area contributed by atoms with Gasteiger partial charge in [-0.1, -0.05) is 42.5 Å². The summed E-state index contributed by atoms with van der Waals surface area (Å²) >= 11 is 0. The largest absolute Gasteiger partial charge is 0.432 e. The summed E-state index contributed by atoms with van der Waals surface area (Å²) in [6.07, 6.45) is 1.01. The summed E-state index contributed by atoms with van der Waals surface area (Å²) in [4.78, 5) is 18.7. The van der Waals surface area contributed by atoms with Crippen molar-refractivity contribution in [2.24, 2.45) is 5.10 Å². The molecule has 0 aliphatic rings. The van der Waals surface area contributed by atoms with Crippen molar-refractivity contribution in [1.82, 2.24) is 9.97 Å². The van der Waals surface area contributed by atoms with E-state index in [2.05, 4.69) is 25.2 Å². The normalized spacial score (nSPS) is 10.9. The zero-order valence-corrected chi connectivity index (χ0v) is 14.6. The van der Waals surface area contributed by atoms with E-state index in [4.69, 9.17) is 0 Å². The number of benzene rings is 2. The number of H-pyrrole nitrogens is 1. The van der Waals surface area contributed by atoms with Gasteiger partial charge in [-0.2, -0.15) is 19.1 Å². The molecule has 3 aromatic rings. The van der Waals surface area contributed by atoms with Gasteiger partial charge in [0.05, 0.1) is 11.9 Å². The molecule has 0 spiro atoms. The Kier molecular flexibility index (Phi) is 5.89. The third-order valence-electron chi connectivity index (χ3n) is 3.66. The van der Waals surface area contributed by atoms with Crippen LogP contribution in [0.4, 0.5) is 19.1 Å². The van der Waals surface area contributed by atoms with E-state index in [-0.39, 0.29) is 22.8 Å². The summed E-state index contributed by atoms with van der Waals surface area (Å²) in [5.41, 5.74) is 2.13. The van der Waals surface area contributed by atoms with E-state index in [1.165, 1.54) is 12.1 Å². The number of hydrazone groups is 1. The first kappa shape index (κ1) is 19.6. The van der Waals surface area contributed by atoms with Crippen LogP contribution >= 0.6 is 0 Å².